The fourth-order valence-electron chi connectivity index (χ4n) is 3.89. The van der Waals surface area contributed by atoms with Crippen LogP contribution in [0.4, 0.5) is 5.82 Å². The summed E-state index contributed by atoms with van der Waals surface area (Å²) in [6.45, 7) is 0. The molecule has 4 rings (SSSR count). The summed E-state index contributed by atoms with van der Waals surface area (Å²) >= 11 is 1.59. The number of nitrogens with zero attached hydrogens (tertiary/aromatic N) is 3. The highest BCUT2D eigenvalue weighted by Crippen LogP contribution is 2.36. The van der Waals surface area contributed by atoms with Crippen LogP contribution in [0.25, 0.3) is 10.8 Å². The van der Waals surface area contributed by atoms with Crippen LogP contribution in [0.15, 0.2) is 47.6 Å². The van der Waals surface area contributed by atoms with Crippen molar-refractivity contribution in [3.05, 3.63) is 59.3 Å². The van der Waals surface area contributed by atoms with Crippen LogP contribution >= 0.6 is 11.8 Å². The molecule has 2 N–H and O–H groups in total. The second kappa shape index (κ2) is 7.98. The molecule has 1 saturated carbocycles. The molecule has 3 aromatic rings. The summed E-state index contributed by atoms with van der Waals surface area (Å²) in [5.74, 6) is 1.42. The van der Waals surface area contributed by atoms with Crippen molar-refractivity contribution in [2.24, 2.45) is 0 Å². The third-order valence-corrected chi connectivity index (χ3v) is 6.18. The molecule has 0 atom stereocenters. The lowest BCUT2D eigenvalue weighted by Crippen LogP contribution is -2.12. The molecule has 0 unspecified atom stereocenters. The van der Waals surface area contributed by atoms with Crippen molar-refractivity contribution in [2.75, 3.05) is 5.73 Å². The average molecular weight is 375 g/mol. The Bertz CT molecular complexity index is 998. The molecular weight excluding hydrogens is 352 g/mol. The number of thioether (sulfide) groups is 1. The van der Waals surface area contributed by atoms with Gasteiger partial charge in [-0.25, -0.2) is 9.97 Å². The second-order valence-corrected chi connectivity index (χ2v) is 7.97. The molecule has 1 heterocycles. The van der Waals surface area contributed by atoms with E-state index in [0.29, 0.717) is 22.5 Å². The number of aromatic nitrogens is 2. The summed E-state index contributed by atoms with van der Waals surface area (Å²) in [5.41, 5.74) is 8.69. The van der Waals surface area contributed by atoms with Gasteiger partial charge in [0.2, 0.25) is 0 Å². The standard InChI is InChI=1S/C22H22N4S/c23-13-19-20(16-8-2-1-3-9-16)25-22(26-21(19)24)27-14-17-11-6-10-15-7-4-5-12-18(15)17/h4-7,10-12,16H,1-3,8-9,14H2,(H2,24,25,26). The van der Waals surface area contributed by atoms with Crippen LogP contribution < -0.4 is 5.73 Å². The molecule has 0 amide bonds. The molecule has 136 valence electrons. The molecule has 1 aliphatic rings. The Balaban J connectivity index is 1.62. The zero-order valence-electron chi connectivity index (χ0n) is 15.2. The van der Waals surface area contributed by atoms with Gasteiger partial charge in [-0.15, -0.1) is 0 Å². The first-order valence-electron chi connectivity index (χ1n) is 9.43. The molecule has 0 radical (unpaired) electrons. The summed E-state index contributed by atoms with van der Waals surface area (Å²) in [4.78, 5) is 9.17. The maximum atomic E-state index is 9.53. The van der Waals surface area contributed by atoms with Gasteiger partial charge in [0.15, 0.2) is 5.16 Å². The number of fused-ring (bicyclic) bond motifs is 1. The molecule has 5 heteroatoms. The van der Waals surface area contributed by atoms with Gasteiger partial charge in [0.25, 0.3) is 0 Å². The van der Waals surface area contributed by atoms with Crippen LogP contribution in [0.5, 0.6) is 0 Å². The molecule has 1 fully saturated rings. The molecular formula is C22H22N4S. The predicted molar refractivity (Wildman–Crippen MR) is 110 cm³/mol. The lowest BCUT2D eigenvalue weighted by molar-refractivity contribution is 0.433. The quantitative estimate of drug-likeness (QED) is 0.487. The van der Waals surface area contributed by atoms with Crippen LogP contribution in [0.3, 0.4) is 0 Å². The van der Waals surface area contributed by atoms with Crippen molar-refractivity contribution >= 4 is 28.4 Å². The minimum absolute atomic E-state index is 0.313. The molecule has 0 aliphatic heterocycles. The maximum absolute atomic E-state index is 9.53. The number of nitrogens with two attached hydrogens (primary N) is 1. The van der Waals surface area contributed by atoms with E-state index in [9.17, 15) is 5.26 Å². The summed E-state index contributed by atoms with van der Waals surface area (Å²) in [7, 11) is 0. The first kappa shape index (κ1) is 17.8. The maximum Gasteiger partial charge on any atom is 0.190 e. The Kier molecular flexibility index (Phi) is 5.26. The van der Waals surface area contributed by atoms with E-state index < -0.39 is 0 Å². The molecule has 0 saturated heterocycles. The third kappa shape index (κ3) is 3.77. The highest BCUT2D eigenvalue weighted by atomic mass is 32.2. The van der Waals surface area contributed by atoms with Gasteiger partial charge in [0.05, 0.1) is 5.69 Å². The van der Waals surface area contributed by atoms with E-state index in [1.165, 1.54) is 35.6 Å². The Labute approximate surface area is 163 Å². The van der Waals surface area contributed by atoms with Crippen LogP contribution in [-0.2, 0) is 5.75 Å². The van der Waals surface area contributed by atoms with Gasteiger partial charge in [-0.2, -0.15) is 5.26 Å². The second-order valence-electron chi connectivity index (χ2n) is 7.03. The average Bonchev–Trinajstić information content (AvgIpc) is 2.72. The Morgan fingerprint density at radius 3 is 2.63 bits per heavy atom. The molecule has 1 aromatic heterocycles. The zero-order valence-corrected chi connectivity index (χ0v) is 16.0. The van der Waals surface area contributed by atoms with E-state index >= 15 is 0 Å². The molecule has 2 aromatic carbocycles. The highest BCUT2D eigenvalue weighted by molar-refractivity contribution is 7.98. The van der Waals surface area contributed by atoms with E-state index in [1.807, 2.05) is 0 Å². The minimum Gasteiger partial charge on any atom is -0.382 e. The number of hydrogen-bond donors (Lipinski definition) is 1. The Morgan fingerprint density at radius 1 is 1.04 bits per heavy atom. The molecule has 0 spiro atoms. The van der Waals surface area contributed by atoms with E-state index in [4.69, 9.17) is 10.7 Å². The van der Waals surface area contributed by atoms with Gasteiger partial charge in [0, 0.05) is 11.7 Å². The summed E-state index contributed by atoms with van der Waals surface area (Å²) < 4.78 is 0. The van der Waals surface area contributed by atoms with Crippen LogP contribution in [0.2, 0.25) is 0 Å². The van der Waals surface area contributed by atoms with Gasteiger partial charge in [-0.05, 0) is 29.2 Å². The molecule has 0 bridgehead atoms. The van der Waals surface area contributed by atoms with Crippen molar-refractivity contribution in [1.29, 1.82) is 5.26 Å². The predicted octanol–water partition coefficient (Wildman–Crippen LogP) is 5.42. The largest absolute Gasteiger partial charge is 0.382 e. The van der Waals surface area contributed by atoms with Crippen LogP contribution in [0.1, 0.15) is 54.8 Å². The van der Waals surface area contributed by atoms with Crippen LogP contribution in [0, 0.1) is 11.3 Å². The number of nitriles is 1. The van der Waals surface area contributed by atoms with E-state index in [2.05, 4.69) is 53.5 Å². The number of anilines is 1. The molecule has 4 nitrogen and oxygen atoms in total. The van der Waals surface area contributed by atoms with Gasteiger partial charge in [0.1, 0.15) is 17.5 Å². The van der Waals surface area contributed by atoms with Gasteiger partial charge in [-0.3, -0.25) is 0 Å². The van der Waals surface area contributed by atoms with Crippen molar-refractivity contribution < 1.29 is 0 Å². The van der Waals surface area contributed by atoms with Crippen molar-refractivity contribution in [3.8, 4) is 6.07 Å². The SMILES string of the molecule is N#Cc1c(N)nc(SCc2cccc3ccccc23)nc1C1CCCCC1. The van der Waals surface area contributed by atoms with Gasteiger partial charge in [-0.1, -0.05) is 73.5 Å². The minimum atomic E-state index is 0.313. The third-order valence-electron chi connectivity index (χ3n) is 5.28. The number of benzene rings is 2. The Morgan fingerprint density at radius 2 is 1.81 bits per heavy atom. The summed E-state index contributed by atoms with van der Waals surface area (Å²) in [6, 6.07) is 17.0. The first-order valence-corrected chi connectivity index (χ1v) is 10.4. The van der Waals surface area contributed by atoms with Gasteiger partial charge < -0.3 is 5.73 Å². The summed E-state index contributed by atoms with van der Waals surface area (Å²) in [6.07, 6.45) is 5.81. The number of nitrogen functional groups attached to an aromatic ring is 1. The Hall–Kier alpha value is -2.58. The van der Waals surface area contributed by atoms with Crippen LogP contribution in [-0.4, -0.2) is 9.97 Å². The zero-order chi connectivity index (χ0) is 18.6. The fourth-order valence-corrected chi connectivity index (χ4v) is 4.75. The normalized spacial score (nSPS) is 14.9. The molecule has 1 aliphatic carbocycles. The van der Waals surface area contributed by atoms with Crippen molar-refractivity contribution in [1.82, 2.24) is 9.97 Å². The lowest BCUT2D eigenvalue weighted by atomic mass is 9.85. The first-order chi connectivity index (χ1) is 13.3. The van der Waals surface area contributed by atoms with E-state index in [1.54, 1.807) is 11.8 Å². The lowest BCUT2D eigenvalue weighted by Gasteiger charge is -2.22. The monoisotopic (exact) mass is 374 g/mol. The fraction of sp³-hybridized carbons (Fsp3) is 0.318. The number of rotatable bonds is 4. The van der Waals surface area contributed by atoms with Gasteiger partial charge >= 0.3 is 0 Å². The van der Waals surface area contributed by atoms with Crippen molar-refractivity contribution in [3.63, 3.8) is 0 Å². The number of hydrogen-bond acceptors (Lipinski definition) is 5. The highest BCUT2D eigenvalue weighted by Gasteiger charge is 2.23. The molecule has 27 heavy (non-hydrogen) atoms. The van der Waals surface area contributed by atoms with E-state index in [0.717, 1.165) is 24.3 Å². The summed E-state index contributed by atoms with van der Waals surface area (Å²) in [5, 5.41) is 12.7. The topological polar surface area (TPSA) is 75.6 Å². The van der Waals surface area contributed by atoms with Crippen molar-refractivity contribution in [2.45, 2.75) is 48.9 Å². The smallest absolute Gasteiger partial charge is 0.190 e. The van der Waals surface area contributed by atoms with E-state index in [-0.39, 0.29) is 0 Å².